The highest BCUT2D eigenvalue weighted by atomic mass is 28.3. The zero-order valence-electron chi connectivity index (χ0n) is 14.5. The number of alkyl halides is 3. The number of carbonyl (C=O) groups is 1. The Morgan fingerprint density at radius 2 is 1.92 bits per heavy atom. The lowest BCUT2D eigenvalue weighted by atomic mass is 10.2. The summed E-state index contributed by atoms with van der Waals surface area (Å²) >= 11 is 0. The van der Waals surface area contributed by atoms with Gasteiger partial charge in [0.2, 0.25) is 5.88 Å². The Morgan fingerprint density at radius 1 is 1.33 bits per heavy atom. The van der Waals surface area contributed by atoms with E-state index >= 15 is 0 Å². The predicted octanol–water partition coefficient (Wildman–Crippen LogP) is 4.39. The van der Waals surface area contributed by atoms with Crippen LogP contribution >= 0.6 is 0 Å². The van der Waals surface area contributed by atoms with Crippen LogP contribution in [0.3, 0.4) is 0 Å². The second-order valence-electron chi connectivity index (χ2n) is 7.83. The molecule has 1 aliphatic rings. The number of ether oxygens (including phenoxy) is 2. The molecule has 1 aromatic rings. The average molecular weight is 364 g/mol. The molecule has 0 saturated heterocycles. The fourth-order valence-electron chi connectivity index (χ4n) is 2.66. The highest BCUT2D eigenvalue weighted by Gasteiger charge is 2.71. The van der Waals surface area contributed by atoms with E-state index in [-0.39, 0.29) is 25.0 Å². The van der Waals surface area contributed by atoms with Gasteiger partial charge in [-0.3, -0.25) is 0 Å². The van der Waals surface area contributed by atoms with Crippen LogP contribution in [-0.2, 0) is 4.74 Å². The fraction of sp³-hybridized carbons (Fsp3) is 0.733. The monoisotopic (exact) mass is 364 g/mol. The van der Waals surface area contributed by atoms with Crippen LogP contribution in [0.15, 0.2) is 12.3 Å². The van der Waals surface area contributed by atoms with Crippen molar-refractivity contribution in [1.29, 1.82) is 0 Å². The minimum Gasteiger partial charge on any atom is -0.480 e. The summed E-state index contributed by atoms with van der Waals surface area (Å²) in [6, 6.07) is 1.45. The maximum absolute atomic E-state index is 13.3. The average Bonchev–Trinajstić information content (AvgIpc) is 3.09. The second kappa shape index (κ2) is 5.78. The summed E-state index contributed by atoms with van der Waals surface area (Å²) in [6.45, 7) is 8.54. The first-order valence-corrected chi connectivity index (χ1v) is 11.0. The molecule has 1 fully saturated rings. The van der Waals surface area contributed by atoms with E-state index in [0.29, 0.717) is 0 Å². The Labute approximate surface area is 140 Å². The van der Waals surface area contributed by atoms with Crippen molar-refractivity contribution >= 4 is 14.2 Å². The van der Waals surface area contributed by atoms with Gasteiger partial charge in [-0.15, -0.1) is 5.10 Å². The van der Waals surface area contributed by atoms with Gasteiger partial charge in [-0.1, -0.05) is 13.1 Å². The number of aromatic nitrogens is 2. The summed E-state index contributed by atoms with van der Waals surface area (Å²) < 4.78 is 51.5. The molecule has 0 aliphatic heterocycles. The zero-order chi connectivity index (χ0) is 18.4. The maximum atomic E-state index is 13.3. The van der Waals surface area contributed by atoms with Gasteiger partial charge in [0.1, 0.15) is 13.7 Å². The van der Waals surface area contributed by atoms with Crippen LogP contribution in [0, 0.1) is 0 Å². The molecule has 9 heteroatoms. The number of nitrogens with zero attached hydrogens (tertiary/aromatic N) is 2. The second-order valence-corrected chi connectivity index (χ2v) is 12.8. The van der Waals surface area contributed by atoms with Crippen molar-refractivity contribution in [2.45, 2.75) is 63.5 Å². The molecule has 5 nitrogen and oxygen atoms in total. The molecule has 1 aliphatic carbocycles. The standard InChI is InChI=1S/C15H23F3N2O3Si/c1-13(2,3)23-12(21)20-9-6-11(19-20)22-10-24(4,5)14(7-8-14)15(16,17)18/h6,9H,7-8,10H2,1-5H3. The van der Waals surface area contributed by atoms with E-state index in [1.54, 1.807) is 33.9 Å². The lowest BCUT2D eigenvalue weighted by Crippen LogP contribution is -2.48. The van der Waals surface area contributed by atoms with Crippen LogP contribution in [0.1, 0.15) is 33.6 Å². The summed E-state index contributed by atoms with van der Waals surface area (Å²) in [5, 5.41) is 2.36. The Kier molecular flexibility index (Phi) is 4.54. The third-order valence-corrected chi connectivity index (χ3v) is 8.55. The van der Waals surface area contributed by atoms with Crippen molar-refractivity contribution in [3.8, 4) is 5.88 Å². The molecule has 0 bridgehead atoms. The summed E-state index contributed by atoms with van der Waals surface area (Å²) in [5.74, 6) is 0.124. The van der Waals surface area contributed by atoms with E-state index in [0.717, 1.165) is 4.68 Å². The minimum absolute atomic E-state index is 0.00214. The third-order valence-electron chi connectivity index (χ3n) is 4.31. The van der Waals surface area contributed by atoms with Gasteiger partial charge < -0.3 is 9.47 Å². The molecule has 0 N–H and O–H groups in total. The smallest absolute Gasteiger partial charge is 0.435 e. The van der Waals surface area contributed by atoms with Gasteiger partial charge in [-0.25, -0.2) is 4.79 Å². The van der Waals surface area contributed by atoms with E-state index < -0.39 is 31.0 Å². The molecular formula is C15H23F3N2O3Si. The molecule has 136 valence electrons. The molecular weight excluding hydrogens is 341 g/mol. The molecule has 0 atom stereocenters. The van der Waals surface area contributed by atoms with E-state index in [2.05, 4.69) is 5.10 Å². The highest BCUT2D eigenvalue weighted by Crippen LogP contribution is 2.69. The highest BCUT2D eigenvalue weighted by molar-refractivity contribution is 6.81. The van der Waals surface area contributed by atoms with Crippen LogP contribution in [-0.4, -0.2) is 42.0 Å². The fourth-order valence-corrected chi connectivity index (χ4v) is 5.69. The maximum Gasteiger partial charge on any atom is 0.435 e. The number of rotatable bonds is 4. The predicted molar refractivity (Wildman–Crippen MR) is 84.8 cm³/mol. The van der Waals surface area contributed by atoms with Gasteiger partial charge in [0.25, 0.3) is 0 Å². The molecule has 0 amide bonds. The van der Waals surface area contributed by atoms with E-state index in [4.69, 9.17) is 9.47 Å². The quantitative estimate of drug-likeness (QED) is 0.744. The molecule has 0 unspecified atom stereocenters. The summed E-state index contributed by atoms with van der Waals surface area (Å²) in [7, 11) is -2.71. The van der Waals surface area contributed by atoms with Crippen molar-refractivity contribution in [3.05, 3.63) is 12.3 Å². The first-order valence-electron chi connectivity index (χ1n) is 7.76. The molecule has 1 aromatic heterocycles. The Morgan fingerprint density at radius 3 is 2.38 bits per heavy atom. The van der Waals surface area contributed by atoms with Crippen molar-refractivity contribution in [2.75, 3.05) is 6.23 Å². The molecule has 1 saturated carbocycles. The van der Waals surface area contributed by atoms with Gasteiger partial charge in [0, 0.05) is 12.3 Å². The number of carbonyl (C=O) groups excluding carboxylic acids is 1. The Balaban J connectivity index is 2.00. The van der Waals surface area contributed by atoms with Crippen molar-refractivity contribution < 1.29 is 27.4 Å². The lowest BCUT2D eigenvalue weighted by molar-refractivity contribution is -0.143. The van der Waals surface area contributed by atoms with Gasteiger partial charge >= 0.3 is 12.3 Å². The van der Waals surface area contributed by atoms with E-state index in [1.807, 2.05) is 0 Å². The molecule has 24 heavy (non-hydrogen) atoms. The number of hydrogen-bond donors (Lipinski definition) is 0. The van der Waals surface area contributed by atoms with E-state index in [1.165, 1.54) is 12.3 Å². The van der Waals surface area contributed by atoms with Crippen molar-refractivity contribution in [3.63, 3.8) is 0 Å². The largest absolute Gasteiger partial charge is 0.480 e. The molecule has 1 heterocycles. The lowest BCUT2D eigenvalue weighted by Gasteiger charge is -2.33. The molecule has 0 aromatic carbocycles. The van der Waals surface area contributed by atoms with Gasteiger partial charge in [-0.2, -0.15) is 17.9 Å². The van der Waals surface area contributed by atoms with Crippen molar-refractivity contribution in [1.82, 2.24) is 9.78 Å². The van der Waals surface area contributed by atoms with Gasteiger partial charge in [0.05, 0.1) is 11.3 Å². The number of hydrogen-bond acceptors (Lipinski definition) is 4. The Hall–Kier alpha value is -1.51. The minimum atomic E-state index is -4.19. The van der Waals surface area contributed by atoms with Crippen LogP contribution in [0.5, 0.6) is 5.88 Å². The summed E-state index contributed by atoms with van der Waals surface area (Å²) in [4.78, 5) is 11.9. The van der Waals surface area contributed by atoms with Crippen LogP contribution in [0.2, 0.25) is 18.1 Å². The van der Waals surface area contributed by atoms with Crippen LogP contribution in [0.25, 0.3) is 0 Å². The first-order chi connectivity index (χ1) is 10.8. The molecule has 2 rings (SSSR count). The van der Waals surface area contributed by atoms with E-state index in [9.17, 15) is 18.0 Å². The summed E-state index contributed by atoms with van der Waals surface area (Å²) in [5.41, 5.74) is -0.663. The van der Waals surface area contributed by atoms with Crippen LogP contribution < -0.4 is 4.74 Å². The van der Waals surface area contributed by atoms with Crippen LogP contribution in [0.4, 0.5) is 18.0 Å². The first kappa shape index (κ1) is 18.8. The van der Waals surface area contributed by atoms with Gasteiger partial charge in [0.15, 0.2) is 0 Å². The van der Waals surface area contributed by atoms with Gasteiger partial charge in [-0.05, 0) is 33.6 Å². The summed E-state index contributed by atoms with van der Waals surface area (Å²) in [6.07, 6.45) is -3.14. The number of halogens is 3. The third kappa shape index (κ3) is 3.76. The zero-order valence-corrected chi connectivity index (χ0v) is 15.5. The molecule has 0 spiro atoms. The SMILES string of the molecule is CC(C)(C)OC(=O)n1ccc(OC[Si](C)(C)C2(C(F)(F)F)CC2)n1. The Bertz CT molecular complexity index is 616. The normalized spacial score (nSPS) is 17.5. The van der Waals surface area contributed by atoms with Crippen molar-refractivity contribution in [2.24, 2.45) is 0 Å². The topological polar surface area (TPSA) is 53.4 Å². The molecule has 0 radical (unpaired) electrons.